The van der Waals surface area contributed by atoms with Crippen molar-refractivity contribution in [3.63, 3.8) is 0 Å². The van der Waals surface area contributed by atoms with Crippen LogP contribution in [0.4, 0.5) is 5.69 Å². The average Bonchev–Trinajstić information content (AvgIpc) is 2.45. The summed E-state index contributed by atoms with van der Waals surface area (Å²) in [6.45, 7) is 4.11. The molecule has 2 rings (SSSR count). The molecule has 1 aromatic rings. The standard InChI is InChI=1S/C14H22ClN3O2S/c1-2-16-11-14-8-3-4-9-18(14)21(19,20)17-13-7-5-6-12(15)10-13/h5-7,10,14,16-17H,2-4,8-9,11H2,1H3. The van der Waals surface area contributed by atoms with Gasteiger partial charge in [0.1, 0.15) is 0 Å². The highest BCUT2D eigenvalue weighted by atomic mass is 35.5. The van der Waals surface area contributed by atoms with Gasteiger partial charge in [-0.1, -0.05) is 31.0 Å². The molecule has 0 aromatic heterocycles. The Hall–Kier alpha value is -0.820. The second-order valence-corrected chi connectivity index (χ2v) is 7.25. The molecule has 5 nitrogen and oxygen atoms in total. The van der Waals surface area contributed by atoms with Gasteiger partial charge in [-0.2, -0.15) is 12.7 Å². The maximum atomic E-state index is 12.6. The molecule has 0 bridgehead atoms. The molecule has 1 atom stereocenters. The van der Waals surface area contributed by atoms with Crippen LogP contribution in [0.15, 0.2) is 24.3 Å². The first-order valence-corrected chi connectivity index (χ1v) is 9.10. The van der Waals surface area contributed by atoms with Crippen molar-refractivity contribution in [2.75, 3.05) is 24.4 Å². The van der Waals surface area contributed by atoms with Gasteiger partial charge < -0.3 is 5.32 Å². The van der Waals surface area contributed by atoms with Gasteiger partial charge in [-0.25, -0.2) is 0 Å². The van der Waals surface area contributed by atoms with Gasteiger partial charge in [-0.05, 0) is 37.6 Å². The molecule has 0 radical (unpaired) electrons. The summed E-state index contributed by atoms with van der Waals surface area (Å²) in [6.07, 6.45) is 2.86. The maximum absolute atomic E-state index is 12.6. The number of benzene rings is 1. The Balaban J connectivity index is 2.12. The van der Waals surface area contributed by atoms with Gasteiger partial charge in [-0.15, -0.1) is 0 Å². The Labute approximate surface area is 131 Å². The Morgan fingerprint density at radius 3 is 2.90 bits per heavy atom. The van der Waals surface area contributed by atoms with E-state index in [1.54, 1.807) is 28.6 Å². The summed E-state index contributed by atoms with van der Waals surface area (Å²) in [5, 5.41) is 3.75. The van der Waals surface area contributed by atoms with Gasteiger partial charge in [0.25, 0.3) is 0 Å². The van der Waals surface area contributed by atoms with Crippen molar-refractivity contribution in [1.82, 2.24) is 9.62 Å². The molecule has 0 spiro atoms. The summed E-state index contributed by atoms with van der Waals surface area (Å²) in [7, 11) is -3.55. The Kier molecular flexibility index (Phi) is 5.87. The minimum absolute atomic E-state index is 0.00961. The molecule has 0 saturated carbocycles. The van der Waals surface area contributed by atoms with Gasteiger partial charge in [0, 0.05) is 24.2 Å². The first-order chi connectivity index (χ1) is 10.0. The SMILES string of the molecule is CCNCC1CCCCN1S(=O)(=O)Nc1cccc(Cl)c1. The second-order valence-electron chi connectivity index (χ2n) is 5.19. The highest BCUT2D eigenvalue weighted by Crippen LogP contribution is 2.23. The number of halogens is 1. The van der Waals surface area contributed by atoms with E-state index in [9.17, 15) is 8.42 Å². The number of piperidine rings is 1. The van der Waals surface area contributed by atoms with E-state index in [-0.39, 0.29) is 6.04 Å². The third-order valence-corrected chi connectivity index (χ3v) is 5.41. The van der Waals surface area contributed by atoms with Crippen LogP contribution in [0.2, 0.25) is 5.02 Å². The fraction of sp³-hybridized carbons (Fsp3) is 0.571. The van der Waals surface area contributed by atoms with E-state index in [0.29, 0.717) is 23.8 Å². The lowest BCUT2D eigenvalue weighted by atomic mass is 10.1. The van der Waals surface area contributed by atoms with Crippen LogP contribution in [0, 0.1) is 0 Å². The normalized spacial score (nSPS) is 20.4. The summed E-state index contributed by atoms with van der Waals surface area (Å²) >= 11 is 5.90. The summed E-state index contributed by atoms with van der Waals surface area (Å²) in [4.78, 5) is 0. The largest absolute Gasteiger partial charge is 0.315 e. The Bertz CT molecular complexity index is 565. The highest BCUT2D eigenvalue weighted by Gasteiger charge is 2.31. The fourth-order valence-electron chi connectivity index (χ4n) is 2.56. The van der Waals surface area contributed by atoms with Crippen LogP contribution in [0.1, 0.15) is 26.2 Å². The minimum atomic E-state index is -3.55. The molecule has 2 N–H and O–H groups in total. The molecule has 1 saturated heterocycles. The second kappa shape index (κ2) is 7.45. The molecule has 21 heavy (non-hydrogen) atoms. The predicted molar refractivity (Wildman–Crippen MR) is 86.9 cm³/mol. The van der Waals surface area contributed by atoms with Crippen molar-refractivity contribution in [3.05, 3.63) is 29.3 Å². The van der Waals surface area contributed by atoms with E-state index < -0.39 is 10.2 Å². The fourth-order valence-corrected chi connectivity index (χ4v) is 4.24. The van der Waals surface area contributed by atoms with Crippen LogP contribution in [0.25, 0.3) is 0 Å². The quantitative estimate of drug-likeness (QED) is 0.841. The van der Waals surface area contributed by atoms with Gasteiger partial charge in [0.15, 0.2) is 0 Å². The van der Waals surface area contributed by atoms with E-state index in [1.807, 2.05) is 6.92 Å². The topological polar surface area (TPSA) is 61.4 Å². The van der Waals surface area contributed by atoms with Crippen LogP contribution in [-0.2, 0) is 10.2 Å². The maximum Gasteiger partial charge on any atom is 0.301 e. The van der Waals surface area contributed by atoms with Crippen LogP contribution >= 0.6 is 11.6 Å². The smallest absolute Gasteiger partial charge is 0.301 e. The van der Waals surface area contributed by atoms with E-state index in [4.69, 9.17) is 11.6 Å². The summed E-state index contributed by atoms with van der Waals surface area (Å²) in [5.74, 6) is 0. The van der Waals surface area contributed by atoms with E-state index >= 15 is 0 Å². The lowest BCUT2D eigenvalue weighted by Gasteiger charge is -2.34. The number of hydrogen-bond acceptors (Lipinski definition) is 3. The molecule has 1 unspecified atom stereocenters. The number of rotatable bonds is 6. The molecule has 7 heteroatoms. The van der Waals surface area contributed by atoms with Crippen LogP contribution in [-0.4, -0.2) is 38.4 Å². The molecule has 1 heterocycles. The van der Waals surface area contributed by atoms with E-state index in [1.165, 1.54) is 0 Å². The Morgan fingerprint density at radius 1 is 1.38 bits per heavy atom. The number of hydrogen-bond donors (Lipinski definition) is 2. The van der Waals surface area contributed by atoms with Gasteiger partial charge >= 0.3 is 10.2 Å². The van der Waals surface area contributed by atoms with Crippen LogP contribution in [0.3, 0.4) is 0 Å². The highest BCUT2D eigenvalue weighted by molar-refractivity contribution is 7.90. The third kappa shape index (κ3) is 4.57. The van der Waals surface area contributed by atoms with Gasteiger partial charge in [0.05, 0.1) is 5.69 Å². The lowest BCUT2D eigenvalue weighted by Crippen LogP contribution is -2.50. The third-order valence-electron chi connectivity index (χ3n) is 3.58. The van der Waals surface area contributed by atoms with Crippen LogP contribution in [0.5, 0.6) is 0 Å². The molecule has 1 aliphatic heterocycles. The van der Waals surface area contributed by atoms with E-state index in [0.717, 1.165) is 25.8 Å². The first-order valence-electron chi connectivity index (χ1n) is 7.29. The number of likely N-dealkylation sites (N-methyl/N-ethyl adjacent to an activating group) is 1. The van der Waals surface area contributed by atoms with Crippen molar-refractivity contribution in [2.24, 2.45) is 0 Å². The van der Waals surface area contributed by atoms with Crippen molar-refractivity contribution < 1.29 is 8.42 Å². The molecular formula is C14H22ClN3O2S. The summed E-state index contributed by atoms with van der Waals surface area (Å²) in [6, 6.07) is 6.77. The molecule has 0 aliphatic carbocycles. The molecular weight excluding hydrogens is 310 g/mol. The molecule has 118 valence electrons. The monoisotopic (exact) mass is 331 g/mol. The summed E-state index contributed by atoms with van der Waals surface area (Å²) < 4.78 is 29.4. The van der Waals surface area contributed by atoms with Gasteiger partial charge in [0.2, 0.25) is 0 Å². The van der Waals surface area contributed by atoms with Crippen molar-refractivity contribution in [2.45, 2.75) is 32.2 Å². The molecule has 1 aliphatic rings. The molecule has 0 amide bonds. The molecule has 1 aromatic carbocycles. The van der Waals surface area contributed by atoms with Crippen molar-refractivity contribution in [3.8, 4) is 0 Å². The summed E-state index contributed by atoms with van der Waals surface area (Å²) in [5.41, 5.74) is 0.496. The number of nitrogens with one attached hydrogen (secondary N) is 2. The Morgan fingerprint density at radius 2 is 2.19 bits per heavy atom. The zero-order chi connectivity index (χ0) is 15.3. The lowest BCUT2D eigenvalue weighted by molar-refractivity contribution is 0.248. The minimum Gasteiger partial charge on any atom is -0.315 e. The number of nitrogens with zero attached hydrogens (tertiary/aromatic N) is 1. The predicted octanol–water partition coefficient (Wildman–Crippen LogP) is 2.46. The van der Waals surface area contributed by atoms with Gasteiger partial charge in [-0.3, -0.25) is 4.72 Å². The molecule has 1 fully saturated rings. The zero-order valence-corrected chi connectivity index (χ0v) is 13.8. The first kappa shape index (κ1) is 16.5. The van der Waals surface area contributed by atoms with Crippen LogP contribution < -0.4 is 10.0 Å². The zero-order valence-electron chi connectivity index (χ0n) is 12.2. The number of anilines is 1. The van der Waals surface area contributed by atoms with E-state index in [2.05, 4.69) is 10.0 Å². The van der Waals surface area contributed by atoms with Crippen molar-refractivity contribution in [1.29, 1.82) is 0 Å². The average molecular weight is 332 g/mol. The van der Waals surface area contributed by atoms with Crippen molar-refractivity contribution >= 4 is 27.5 Å².